The molecule has 0 fully saturated rings. The predicted octanol–water partition coefficient (Wildman–Crippen LogP) is 5.54. The summed E-state index contributed by atoms with van der Waals surface area (Å²) in [7, 11) is 1.81. The highest BCUT2D eigenvalue weighted by atomic mass is 127. The first-order chi connectivity index (χ1) is 9.90. The fraction of sp³-hybridized carbons (Fsp3) is 0.188. The van der Waals surface area contributed by atoms with E-state index in [1.54, 1.807) is 4.90 Å². The predicted molar refractivity (Wildman–Crippen MR) is 98.8 cm³/mol. The Morgan fingerprint density at radius 3 is 2.67 bits per heavy atom. The minimum Gasteiger partial charge on any atom is -0.335 e. The van der Waals surface area contributed by atoms with E-state index < -0.39 is 0 Å². The number of hydrogen-bond acceptors (Lipinski definition) is 1. The largest absolute Gasteiger partial charge is 0.335 e. The summed E-state index contributed by atoms with van der Waals surface area (Å²) in [5.74, 6) is -0.00632. The smallest absolute Gasteiger partial charge is 0.255 e. The van der Waals surface area contributed by atoms with Gasteiger partial charge in [-0.1, -0.05) is 39.7 Å². The molecule has 1 unspecified atom stereocenters. The molecule has 0 bridgehead atoms. The van der Waals surface area contributed by atoms with Crippen LogP contribution in [0.2, 0.25) is 5.02 Å². The molecule has 0 spiro atoms. The van der Waals surface area contributed by atoms with Gasteiger partial charge in [0.2, 0.25) is 0 Å². The molecule has 0 aliphatic heterocycles. The van der Waals surface area contributed by atoms with Crippen molar-refractivity contribution in [3.05, 3.63) is 66.7 Å². The highest BCUT2D eigenvalue weighted by Gasteiger charge is 2.21. The van der Waals surface area contributed by atoms with Crippen molar-refractivity contribution in [3.63, 3.8) is 0 Å². The summed E-state index contributed by atoms with van der Waals surface area (Å²) in [4.78, 5) is 14.4. The van der Waals surface area contributed by atoms with Crippen LogP contribution >= 0.6 is 50.1 Å². The van der Waals surface area contributed by atoms with E-state index >= 15 is 0 Å². The van der Waals surface area contributed by atoms with Crippen LogP contribution in [0.3, 0.4) is 0 Å². The second kappa shape index (κ2) is 7.11. The van der Waals surface area contributed by atoms with Gasteiger partial charge < -0.3 is 4.90 Å². The standard InChI is InChI=1S/C16H14BrClINO/c1-10(11-4-3-5-13(18)8-11)20(2)16(21)14-9-12(17)6-7-15(14)19/h3-10H,1-2H3. The molecule has 2 aromatic rings. The first kappa shape index (κ1) is 16.8. The van der Waals surface area contributed by atoms with Gasteiger partial charge in [-0.3, -0.25) is 4.79 Å². The summed E-state index contributed by atoms with van der Waals surface area (Å²) in [5, 5.41) is 0.678. The van der Waals surface area contributed by atoms with E-state index in [2.05, 4.69) is 38.5 Å². The van der Waals surface area contributed by atoms with Crippen molar-refractivity contribution in [1.82, 2.24) is 4.90 Å². The SMILES string of the molecule is CC(c1cccc(Cl)c1)N(C)C(=O)c1cc(Br)ccc1I. The molecule has 110 valence electrons. The Balaban J connectivity index is 2.28. The quantitative estimate of drug-likeness (QED) is 0.531. The van der Waals surface area contributed by atoms with E-state index in [1.165, 1.54) is 0 Å². The molecule has 0 heterocycles. The fourth-order valence-corrected chi connectivity index (χ4v) is 3.14. The number of carbonyl (C=O) groups is 1. The van der Waals surface area contributed by atoms with Gasteiger partial charge in [0.05, 0.1) is 11.6 Å². The molecule has 2 aromatic carbocycles. The first-order valence-corrected chi connectivity index (χ1v) is 8.63. The van der Waals surface area contributed by atoms with Crippen LogP contribution in [0.25, 0.3) is 0 Å². The van der Waals surface area contributed by atoms with Crippen LogP contribution in [-0.4, -0.2) is 17.9 Å². The lowest BCUT2D eigenvalue weighted by Crippen LogP contribution is -2.30. The fourth-order valence-electron chi connectivity index (χ4n) is 2.02. The van der Waals surface area contributed by atoms with Gasteiger partial charge in [0, 0.05) is 20.1 Å². The molecular formula is C16H14BrClINO. The van der Waals surface area contributed by atoms with Crippen molar-refractivity contribution in [2.24, 2.45) is 0 Å². The summed E-state index contributed by atoms with van der Waals surface area (Å²) >= 11 is 11.6. The van der Waals surface area contributed by atoms with Crippen molar-refractivity contribution in [2.75, 3.05) is 7.05 Å². The molecule has 2 rings (SSSR count). The maximum absolute atomic E-state index is 12.7. The molecule has 0 aromatic heterocycles. The molecule has 0 saturated carbocycles. The van der Waals surface area contributed by atoms with Crippen LogP contribution < -0.4 is 0 Å². The molecule has 0 N–H and O–H groups in total. The van der Waals surface area contributed by atoms with Crippen molar-refractivity contribution in [2.45, 2.75) is 13.0 Å². The number of nitrogens with zero attached hydrogens (tertiary/aromatic N) is 1. The van der Waals surface area contributed by atoms with Gasteiger partial charge in [-0.15, -0.1) is 0 Å². The van der Waals surface area contributed by atoms with Crippen LogP contribution in [0.1, 0.15) is 28.9 Å². The summed E-state index contributed by atoms with van der Waals surface area (Å²) < 4.78 is 1.83. The third kappa shape index (κ3) is 3.99. The Labute approximate surface area is 151 Å². The van der Waals surface area contributed by atoms with Gasteiger partial charge in [-0.25, -0.2) is 0 Å². The Hall–Kier alpha value is -0.590. The highest BCUT2D eigenvalue weighted by Crippen LogP contribution is 2.26. The van der Waals surface area contributed by atoms with Crippen LogP contribution in [0.15, 0.2) is 46.9 Å². The van der Waals surface area contributed by atoms with E-state index in [9.17, 15) is 4.79 Å². The Bertz CT molecular complexity index is 677. The first-order valence-electron chi connectivity index (χ1n) is 6.38. The van der Waals surface area contributed by atoms with Crippen LogP contribution in [0.4, 0.5) is 0 Å². The zero-order chi connectivity index (χ0) is 15.6. The molecule has 0 radical (unpaired) electrons. The van der Waals surface area contributed by atoms with E-state index in [4.69, 9.17) is 11.6 Å². The van der Waals surface area contributed by atoms with Crippen molar-refractivity contribution in [3.8, 4) is 0 Å². The van der Waals surface area contributed by atoms with Crippen molar-refractivity contribution < 1.29 is 4.79 Å². The summed E-state index contributed by atoms with van der Waals surface area (Å²) in [6.45, 7) is 1.99. The molecule has 21 heavy (non-hydrogen) atoms. The number of hydrogen-bond donors (Lipinski definition) is 0. The van der Waals surface area contributed by atoms with Gasteiger partial charge in [0.15, 0.2) is 0 Å². The number of carbonyl (C=O) groups excluding carboxylic acids is 1. The Morgan fingerprint density at radius 1 is 1.29 bits per heavy atom. The third-order valence-corrected chi connectivity index (χ3v) is 5.06. The normalized spacial score (nSPS) is 12.0. The lowest BCUT2D eigenvalue weighted by molar-refractivity contribution is 0.0741. The molecule has 1 atom stereocenters. The lowest BCUT2D eigenvalue weighted by Gasteiger charge is -2.26. The number of halogens is 3. The maximum atomic E-state index is 12.7. The summed E-state index contributed by atoms with van der Waals surface area (Å²) in [6.07, 6.45) is 0. The van der Waals surface area contributed by atoms with Crippen LogP contribution in [0.5, 0.6) is 0 Å². The monoisotopic (exact) mass is 477 g/mol. The molecular weight excluding hydrogens is 464 g/mol. The zero-order valence-electron chi connectivity index (χ0n) is 11.6. The average molecular weight is 479 g/mol. The Kier molecular flexibility index (Phi) is 5.68. The molecule has 0 aliphatic carbocycles. The van der Waals surface area contributed by atoms with E-state index in [0.29, 0.717) is 10.6 Å². The van der Waals surface area contributed by atoms with Crippen LogP contribution in [0, 0.1) is 3.57 Å². The zero-order valence-corrected chi connectivity index (χ0v) is 16.1. The number of benzene rings is 2. The minimum absolute atomic E-state index is 0.00632. The van der Waals surface area contributed by atoms with Gasteiger partial charge in [0.25, 0.3) is 5.91 Å². The molecule has 5 heteroatoms. The van der Waals surface area contributed by atoms with E-state index in [-0.39, 0.29) is 11.9 Å². The average Bonchev–Trinajstić information content (AvgIpc) is 2.47. The van der Waals surface area contributed by atoms with Gasteiger partial charge in [-0.2, -0.15) is 0 Å². The second-order valence-corrected chi connectivity index (χ2v) is 7.29. The van der Waals surface area contributed by atoms with Gasteiger partial charge in [-0.05, 0) is 65.4 Å². The van der Waals surface area contributed by atoms with Crippen molar-refractivity contribution >= 4 is 56.0 Å². The van der Waals surface area contributed by atoms with E-state index in [1.807, 2.05) is 56.4 Å². The van der Waals surface area contributed by atoms with Crippen LogP contribution in [-0.2, 0) is 0 Å². The summed E-state index contributed by atoms with van der Waals surface area (Å²) in [6, 6.07) is 13.3. The second-order valence-electron chi connectivity index (χ2n) is 4.77. The maximum Gasteiger partial charge on any atom is 0.255 e. The lowest BCUT2D eigenvalue weighted by atomic mass is 10.1. The van der Waals surface area contributed by atoms with Gasteiger partial charge in [0.1, 0.15) is 0 Å². The molecule has 2 nitrogen and oxygen atoms in total. The van der Waals surface area contributed by atoms with Gasteiger partial charge >= 0.3 is 0 Å². The minimum atomic E-state index is -0.0500. The topological polar surface area (TPSA) is 20.3 Å². The third-order valence-electron chi connectivity index (χ3n) is 3.39. The number of rotatable bonds is 3. The number of amides is 1. The highest BCUT2D eigenvalue weighted by molar-refractivity contribution is 14.1. The van der Waals surface area contributed by atoms with Crippen molar-refractivity contribution in [1.29, 1.82) is 0 Å². The molecule has 0 aliphatic rings. The Morgan fingerprint density at radius 2 is 2.00 bits per heavy atom. The molecule has 1 amide bonds. The summed E-state index contributed by atoms with van der Waals surface area (Å²) in [5.41, 5.74) is 1.71. The van der Waals surface area contributed by atoms with E-state index in [0.717, 1.165) is 13.6 Å². The molecule has 0 saturated heterocycles.